The quantitative estimate of drug-likeness (QED) is 0.809. The summed E-state index contributed by atoms with van der Waals surface area (Å²) in [6.45, 7) is 8.59. The molecule has 0 aliphatic carbocycles. The molecule has 0 spiro atoms. The zero-order valence-electron chi connectivity index (χ0n) is 13.5. The van der Waals surface area contributed by atoms with Gasteiger partial charge in [0.2, 0.25) is 11.8 Å². The van der Waals surface area contributed by atoms with Crippen LogP contribution in [0.3, 0.4) is 0 Å². The molecule has 0 aromatic heterocycles. The summed E-state index contributed by atoms with van der Waals surface area (Å²) in [6, 6.07) is 0. The van der Waals surface area contributed by atoms with Crippen LogP contribution in [0.5, 0.6) is 0 Å². The molecule has 0 aromatic carbocycles. The fraction of sp³-hybridized carbons (Fsp3) is 0.857. The molecule has 0 atom stereocenters. The Bertz CT molecular complexity index is 516. The topological polar surface area (TPSA) is 83.6 Å². The number of rotatable bonds is 5. The lowest BCUT2D eigenvalue weighted by atomic mass is 9.89. The van der Waals surface area contributed by atoms with Gasteiger partial charge in [-0.15, -0.1) is 0 Å². The molecule has 0 unspecified atom stereocenters. The van der Waals surface area contributed by atoms with E-state index < -0.39 is 20.1 Å². The number of nitrogens with one attached hydrogen (secondary N) is 1. The lowest BCUT2D eigenvalue weighted by Crippen LogP contribution is -2.66. The van der Waals surface area contributed by atoms with Crippen molar-refractivity contribution in [3.05, 3.63) is 0 Å². The molecule has 0 aromatic rings. The van der Waals surface area contributed by atoms with E-state index in [9.17, 15) is 18.0 Å². The maximum Gasteiger partial charge on any atom is 0.248 e. The van der Waals surface area contributed by atoms with Gasteiger partial charge in [0.25, 0.3) is 0 Å². The summed E-state index contributed by atoms with van der Waals surface area (Å²) in [6.07, 6.45) is 0.993. The molecule has 6 nitrogen and oxygen atoms in total. The third kappa shape index (κ3) is 3.56. The van der Waals surface area contributed by atoms with Gasteiger partial charge in [-0.2, -0.15) is 0 Å². The van der Waals surface area contributed by atoms with Crippen molar-refractivity contribution in [1.29, 1.82) is 0 Å². The van der Waals surface area contributed by atoms with Crippen LogP contribution in [0.2, 0.25) is 0 Å². The second-order valence-corrected chi connectivity index (χ2v) is 9.36. The molecule has 122 valence electrons. The van der Waals surface area contributed by atoms with Crippen molar-refractivity contribution in [2.75, 3.05) is 18.8 Å². The predicted octanol–water partition coefficient (Wildman–Crippen LogP) is 0.717. The summed E-state index contributed by atoms with van der Waals surface area (Å²) >= 11 is 0. The van der Waals surface area contributed by atoms with E-state index in [1.165, 1.54) is 4.90 Å². The number of carbonyl (C=O) groups excluding carboxylic acids is 2. The lowest BCUT2D eigenvalue weighted by Gasteiger charge is -2.41. The molecule has 0 saturated carbocycles. The van der Waals surface area contributed by atoms with Crippen LogP contribution in [-0.2, 0) is 19.4 Å². The number of hydrogen-bond donors (Lipinski definition) is 1. The SMILES string of the molecule is CCC1(CC)NC(=O)CN(CCS(=O)(=O)C(C)(C)C)C1=O. The molecule has 1 aliphatic heterocycles. The number of amides is 2. The maximum atomic E-state index is 12.5. The monoisotopic (exact) mass is 318 g/mol. The van der Waals surface area contributed by atoms with Crippen LogP contribution in [0, 0.1) is 0 Å². The number of hydrogen-bond acceptors (Lipinski definition) is 4. The summed E-state index contributed by atoms with van der Waals surface area (Å²) in [5, 5.41) is 2.76. The summed E-state index contributed by atoms with van der Waals surface area (Å²) in [4.78, 5) is 25.7. The van der Waals surface area contributed by atoms with Gasteiger partial charge in [-0.25, -0.2) is 8.42 Å². The second-order valence-electron chi connectivity index (χ2n) is 6.50. The Morgan fingerprint density at radius 3 is 2.14 bits per heavy atom. The smallest absolute Gasteiger partial charge is 0.248 e. The largest absolute Gasteiger partial charge is 0.340 e. The van der Waals surface area contributed by atoms with Crippen LogP contribution in [0.1, 0.15) is 47.5 Å². The van der Waals surface area contributed by atoms with E-state index in [0.29, 0.717) is 12.8 Å². The van der Waals surface area contributed by atoms with Gasteiger partial charge in [-0.3, -0.25) is 9.59 Å². The number of piperazine rings is 1. The fourth-order valence-corrected chi connectivity index (χ4v) is 3.43. The predicted molar refractivity (Wildman–Crippen MR) is 81.6 cm³/mol. The Kier molecular flexibility index (Phi) is 5.08. The molecule has 7 heteroatoms. The highest BCUT2D eigenvalue weighted by molar-refractivity contribution is 7.92. The third-order valence-electron chi connectivity index (χ3n) is 4.18. The molecule has 1 rings (SSSR count). The molecule has 0 radical (unpaired) electrons. The van der Waals surface area contributed by atoms with Crippen molar-refractivity contribution in [3.8, 4) is 0 Å². The maximum absolute atomic E-state index is 12.5. The average molecular weight is 318 g/mol. The van der Waals surface area contributed by atoms with Crippen LogP contribution in [0.4, 0.5) is 0 Å². The molecule has 21 heavy (non-hydrogen) atoms. The zero-order chi connectivity index (χ0) is 16.5. The fourth-order valence-electron chi connectivity index (χ4n) is 2.35. The van der Waals surface area contributed by atoms with Gasteiger partial charge in [0.15, 0.2) is 9.84 Å². The first-order valence-corrected chi connectivity index (χ1v) is 8.97. The van der Waals surface area contributed by atoms with E-state index in [1.54, 1.807) is 20.8 Å². The number of sulfone groups is 1. The Labute approximate surface area is 127 Å². The Morgan fingerprint density at radius 2 is 1.71 bits per heavy atom. The third-order valence-corrected chi connectivity index (χ3v) is 6.77. The number of nitrogens with zero attached hydrogens (tertiary/aromatic N) is 1. The standard InChI is InChI=1S/C14H26N2O4S/c1-6-14(7-2)12(18)16(10-11(17)15-14)8-9-21(19,20)13(3,4)5/h6-10H2,1-5H3,(H,15,17). The van der Waals surface area contributed by atoms with Gasteiger partial charge in [0, 0.05) is 6.54 Å². The first-order valence-electron chi connectivity index (χ1n) is 7.32. The first-order chi connectivity index (χ1) is 9.49. The summed E-state index contributed by atoms with van der Waals surface area (Å²) in [5.74, 6) is -0.540. The van der Waals surface area contributed by atoms with Crippen molar-refractivity contribution < 1.29 is 18.0 Å². The van der Waals surface area contributed by atoms with Crippen molar-refractivity contribution >= 4 is 21.7 Å². The van der Waals surface area contributed by atoms with Crippen molar-refractivity contribution in [3.63, 3.8) is 0 Å². The van der Waals surface area contributed by atoms with Gasteiger partial charge in [0.05, 0.1) is 17.0 Å². The van der Waals surface area contributed by atoms with E-state index in [4.69, 9.17) is 0 Å². The van der Waals surface area contributed by atoms with Gasteiger partial charge < -0.3 is 10.2 Å². The van der Waals surface area contributed by atoms with E-state index in [0.717, 1.165) is 0 Å². The molecular formula is C14H26N2O4S. The van der Waals surface area contributed by atoms with Gasteiger partial charge >= 0.3 is 0 Å². The normalized spacial score (nSPS) is 19.6. The van der Waals surface area contributed by atoms with Crippen LogP contribution < -0.4 is 5.32 Å². The minimum atomic E-state index is -3.31. The molecular weight excluding hydrogens is 292 g/mol. The van der Waals surface area contributed by atoms with E-state index in [1.807, 2.05) is 13.8 Å². The molecule has 1 aliphatic rings. The van der Waals surface area contributed by atoms with Crippen molar-refractivity contribution in [2.45, 2.75) is 57.7 Å². The highest BCUT2D eigenvalue weighted by Gasteiger charge is 2.44. The van der Waals surface area contributed by atoms with Crippen molar-refractivity contribution in [2.24, 2.45) is 0 Å². The van der Waals surface area contributed by atoms with Gasteiger partial charge in [-0.05, 0) is 33.6 Å². The van der Waals surface area contributed by atoms with Crippen LogP contribution in [0.25, 0.3) is 0 Å². The molecule has 1 fully saturated rings. The molecule has 0 bridgehead atoms. The minimum absolute atomic E-state index is 0.0631. The average Bonchev–Trinajstić information content (AvgIpc) is 2.38. The Hall–Kier alpha value is -1.11. The van der Waals surface area contributed by atoms with E-state index >= 15 is 0 Å². The molecule has 1 N–H and O–H groups in total. The summed E-state index contributed by atoms with van der Waals surface area (Å²) in [7, 11) is -3.31. The summed E-state index contributed by atoms with van der Waals surface area (Å²) < 4.78 is 23.4. The molecule has 1 heterocycles. The lowest BCUT2D eigenvalue weighted by molar-refractivity contribution is -0.150. The Balaban J connectivity index is 2.89. The Morgan fingerprint density at radius 1 is 1.19 bits per heavy atom. The second kappa shape index (κ2) is 5.94. The highest BCUT2D eigenvalue weighted by atomic mass is 32.2. The van der Waals surface area contributed by atoms with Crippen LogP contribution >= 0.6 is 0 Å². The summed E-state index contributed by atoms with van der Waals surface area (Å²) in [5.41, 5.74) is -0.888. The number of carbonyl (C=O) groups is 2. The minimum Gasteiger partial charge on any atom is -0.340 e. The molecule has 1 saturated heterocycles. The van der Waals surface area contributed by atoms with Crippen molar-refractivity contribution in [1.82, 2.24) is 10.2 Å². The van der Waals surface area contributed by atoms with Crippen LogP contribution in [0.15, 0.2) is 0 Å². The zero-order valence-corrected chi connectivity index (χ0v) is 14.3. The van der Waals surface area contributed by atoms with Gasteiger partial charge in [-0.1, -0.05) is 13.8 Å². The first kappa shape index (κ1) is 17.9. The van der Waals surface area contributed by atoms with Gasteiger partial charge in [0.1, 0.15) is 5.54 Å². The van der Waals surface area contributed by atoms with E-state index in [-0.39, 0.29) is 30.7 Å². The molecule has 2 amide bonds. The van der Waals surface area contributed by atoms with E-state index in [2.05, 4.69) is 5.32 Å². The van der Waals surface area contributed by atoms with Crippen LogP contribution in [-0.4, -0.2) is 54.3 Å². The highest BCUT2D eigenvalue weighted by Crippen LogP contribution is 2.23.